The van der Waals surface area contributed by atoms with Gasteiger partial charge in [0.05, 0.1) is 18.2 Å². The Kier molecular flexibility index (Phi) is 8.22. The Morgan fingerprint density at radius 3 is 1.92 bits per heavy atom. The van der Waals surface area contributed by atoms with Crippen LogP contribution in [-0.2, 0) is 6.18 Å². The normalized spacial score (nSPS) is 14.0. The summed E-state index contributed by atoms with van der Waals surface area (Å²) in [4.78, 5) is 8.61. The van der Waals surface area contributed by atoms with Gasteiger partial charge >= 0.3 is 6.18 Å². The van der Waals surface area contributed by atoms with Crippen LogP contribution in [0, 0.1) is 0 Å². The van der Waals surface area contributed by atoms with Gasteiger partial charge in [0.2, 0.25) is 0 Å². The zero-order valence-electron chi connectivity index (χ0n) is 15.5. The maximum Gasteiger partial charge on any atom is 0.416 e. The van der Waals surface area contributed by atoms with Gasteiger partial charge in [-0.2, -0.15) is 13.2 Å². The second-order valence-electron chi connectivity index (χ2n) is 5.73. The molecule has 0 saturated carbocycles. The third-order valence-electron chi connectivity index (χ3n) is 4.39. The molecule has 0 bridgehead atoms. The van der Waals surface area contributed by atoms with E-state index in [1.807, 2.05) is 32.6 Å². The van der Waals surface area contributed by atoms with E-state index in [1.54, 1.807) is 0 Å². The molecular weight excluding hydrogens is 329 g/mol. The van der Waals surface area contributed by atoms with Crippen LogP contribution in [0.15, 0.2) is 29.3 Å². The number of hydrogen-bond acceptors (Lipinski definition) is 2. The third-order valence-corrected chi connectivity index (χ3v) is 4.39. The zero-order valence-corrected chi connectivity index (χ0v) is 15.5. The maximum absolute atomic E-state index is 12.8. The standard InChI is InChI=1S/C18H29F3N4/c1-5-24(6-2)16(13-23-17(22)25(7-3)8-4)14-9-11-15(12-10-14)18(19,20)21/h9-12,16H,5-8,13H2,1-4H3,(H2,22,23). The molecule has 0 aliphatic carbocycles. The lowest BCUT2D eigenvalue weighted by Gasteiger charge is -2.29. The molecule has 0 amide bonds. The highest BCUT2D eigenvalue weighted by Gasteiger charge is 2.30. The van der Waals surface area contributed by atoms with Crippen molar-refractivity contribution in [1.29, 1.82) is 0 Å². The average molecular weight is 358 g/mol. The Bertz CT molecular complexity index is 532. The molecule has 2 N–H and O–H groups in total. The van der Waals surface area contributed by atoms with Crippen LogP contribution in [0.4, 0.5) is 13.2 Å². The van der Waals surface area contributed by atoms with Gasteiger partial charge in [-0.3, -0.25) is 9.89 Å². The summed E-state index contributed by atoms with van der Waals surface area (Å²) in [5.41, 5.74) is 6.21. The molecule has 0 fully saturated rings. The maximum atomic E-state index is 12.8. The topological polar surface area (TPSA) is 44.9 Å². The molecule has 1 rings (SSSR count). The van der Waals surface area contributed by atoms with Gasteiger partial charge in [-0.25, -0.2) is 0 Å². The van der Waals surface area contributed by atoms with E-state index in [4.69, 9.17) is 5.73 Å². The van der Waals surface area contributed by atoms with Crippen molar-refractivity contribution in [3.8, 4) is 0 Å². The van der Waals surface area contributed by atoms with Gasteiger partial charge in [0, 0.05) is 13.1 Å². The first-order valence-electron chi connectivity index (χ1n) is 8.74. The number of benzene rings is 1. The highest BCUT2D eigenvalue weighted by atomic mass is 19.4. The Morgan fingerprint density at radius 2 is 1.52 bits per heavy atom. The summed E-state index contributed by atoms with van der Waals surface area (Å²) in [7, 11) is 0. The van der Waals surface area contributed by atoms with E-state index in [2.05, 4.69) is 9.89 Å². The molecular formula is C18H29F3N4. The third kappa shape index (κ3) is 5.92. The summed E-state index contributed by atoms with van der Waals surface area (Å²) in [6.07, 6.45) is -4.32. The molecule has 0 aromatic heterocycles. The van der Waals surface area contributed by atoms with Crippen LogP contribution in [-0.4, -0.2) is 48.5 Å². The Hall–Kier alpha value is -1.76. The van der Waals surface area contributed by atoms with Gasteiger partial charge in [0.25, 0.3) is 0 Å². The summed E-state index contributed by atoms with van der Waals surface area (Å²) in [5.74, 6) is 0.467. The van der Waals surface area contributed by atoms with E-state index in [1.165, 1.54) is 12.1 Å². The fraction of sp³-hybridized carbons (Fsp3) is 0.611. The number of nitrogens with two attached hydrogens (primary N) is 1. The molecule has 0 saturated heterocycles. The predicted molar refractivity (Wildman–Crippen MR) is 96.5 cm³/mol. The predicted octanol–water partition coefficient (Wildman–Crippen LogP) is 3.74. The molecule has 0 aliphatic heterocycles. The molecule has 4 nitrogen and oxygen atoms in total. The minimum absolute atomic E-state index is 0.105. The summed E-state index contributed by atoms with van der Waals surface area (Å²) in [6.45, 7) is 11.6. The lowest BCUT2D eigenvalue weighted by molar-refractivity contribution is -0.137. The first-order valence-corrected chi connectivity index (χ1v) is 8.74. The lowest BCUT2D eigenvalue weighted by Crippen LogP contribution is -2.38. The number of nitrogens with zero attached hydrogens (tertiary/aromatic N) is 3. The van der Waals surface area contributed by atoms with Crippen molar-refractivity contribution in [3.05, 3.63) is 35.4 Å². The molecule has 7 heteroatoms. The van der Waals surface area contributed by atoms with Crippen molar-refractivity contribution in [2.45, 2.75) is 39.9 Å². The fourth-order valence-electron chi connectivity index (χ4n) is 2.82. The van der Waals surface area contributed by atoms with Crippen molar-refractivity contribution in [2.75, 3.05) is 32.7 Å². The number of rotatable bonds is 8. The van der Waals surface area contributed by atoms with Gasteiger partial charge < -0.3 is 10.6 Å². The van der Waals surface area contributed by atoms with E-state index >= 15 is 0 Å². The second kappa shape index (κ2) is 9.65. The highest BCUT2D eigenvalue weighted by molar-refractivity contribution is 5.78. The van der Waals surface area contributed by atoms with Crippen molar-refractivity contribution in [1.82, 2.24) is 9.80 Å². The van der Waals surface area contributed by atoms with Crippen LogP contribution < -0.4 is 5.73 Å². The van der Waals surface area contributed by atoms with Crippen LogP contribution in [0.3, 0.4) is 0 Å². The molecule has 0 aliphatic rings. The lowest BCUT2D eigenvalue weighted by atomic mass is 10.0. The number of likely N-dealkylation sites (N-methyl/N-ethyl adjacent to an activating group) is 1. The van der Waals surface area contributed by atoms with E-state index in [0.717, 1.165) is 43.9 Å². The molecule has 0 spiro atoms. The number of halogens is 3. The second-order valence-corrected chi connectivity index (χ2v) is 5.73. The first kappa shape index (κ1) is 21.3. The van der Waals surface area contributed by atoms with Gasteiger partial charge in [-0.1, -0.05) is 26.0 Å². The Labute approximate surface area is 148 Å². The van der Waals surface area contributed by atoms with Crippen LogP contribution in [0.1, 0.15) is 44.9 Å². The SMILES string of the molecule is CCN(CC)C(N)=NCC(c1ccc(C(F)(F)F)cc1)N(CC)CC. The molecule has 1 aromatic carbocycles. The number of aliphatic imine (C=N–C) groups is 1. The van der Waals surface area contributed by atoms with Crippen LogP contribution in [0.5, 0.6) is 0 Å². The van der Waals surface area contributed by atoms with E-state index in [0.29, 0.717) is 12.5 Å². The summed E-state index contributed by atoms with van der Waals surface area (Å²) in [6, 6.07) is 5.22. The van der Waals surface area contributed by atoms with E-state index in [9.17, 15) is 13.2 Å². The largest absolute Gasteiger partial charge is 0.416 e. The van der Waals surface area contributed by atoms with Crippen LogP contribution in [0.2, 0.25) is 0 Å². The summed E-state index contributed by atoms with van der Waals surface area (Å²) in [5, 5.41) is 0. The average Bonchev–Trinajstić information content (AvgIpc) is 2.59. The minimum atomic E-state index is -4.32. The van der Waals surface area contributed by atoms with Gasteiger partial charge in [-0.15, -0.1) is 0 Å². The molecule has 1 aromatic rings. The number of hydrogen-bond donors (Lipinski definition) is 1. The van der Waals surface area contributed by atoms with Crippen LogP contribution in [0.25, 0.3) is 0 Å². The summed E-state index contributed by atoms with van der Waals surface area (Å²) >= 11 is 0. The molecule has 0 radical (unpaired) electrons. The number of guanidine groups is 1. The minimum Gasteiger partial charge on any atom is -0.370 e. The number of alkyl halides is 3. The zero-order chi connectivity index (χ0) is 19.0. The Balaban J connectivity index is 3.07. The quantitative estimate of drug-likeness (QED) is 0.569. The van der Waals surface area contributed by atoms with E-state index < -0.39 is 11.7 Å². The summed E-state index contributed by atoms with van der Waals surface area (Å²) < 4.78 is 38.3. The molecule has 25 heavy (non-hydrogen) atoms. The van der Waals surface area contributed by atoms with Crippen LogP contribution >= 0.6 is 0 Å². The molecule has 1 unspecified atom stereocenters. The first-order chi connectivity index (χ1) is 11.8. The van der Waals surface area contributed by atoms with Crippen molar-refractivity contribution in [3.63, 3.8) is 0 Å². The molecule has 0 heterocycles. The van der Waals surface area contributed by atoms with Crippen molar-refractivity contribution < 1.29 is 13.2 Å². The monoisotopic (exact) mass is 358 g/mol. The van der Waals surface area contributed by atoms with Crippen molar-refractivity contribution >= 4 is 5.96 Å². The van der Waals surface area contributed by atoms with Crippen molar-refractivity contribution in [2.24, 2.45) is 10.7 Å². The Morgan fingerprint density at radius 1 is 1.00 bits per heavy atom. The molecule has 142 valence electrons. The fourth-order valence-corrected chi connectivity index (χ4v) is 2.82. The van der Waals surface area contributed by atoms with Gasteiger partial charge in [0.1, 0.15) is 0 Å². The smallest absolute Gasteiger partial charge is 0.370 e. The highest BCUT2D eigenvalue weighted by Crippen LogP contribution is 2.31. The van der Waals surface area contributed by atoms with Gasteiger partial charge in [-0.05, 0) is 44.6 Å². The van der Waals surface area contributed by atoms with Gasteiger partial charge in [0.15, 0.2) is 5.96 Å². The van der Waals surface area contributed by atoms with E-state index in [-0.39, 0.29) is 6.04 Å². The molecule has 1 atom stereocenters.